The summed E-state index contributed by atoms with van der Waals surface area (Å²) >= 11 is 0. The van der Waals surface area contributed by atoms with Crippen molar-refractivity contribution in [1.82, 2.24) is 0 Å². The lowest BCUT2D eigenvalue weighted by atomic mass is 9.72. The predicted molar refractivity (Wildman–Crippen MR) is 241 cm³/mol. The van der Waals surface area contributed by atoms with Gasteiger partial charge in [0.25, 0.3) is 0 Å². The van der Waals surface area contributed by atoms with E-state index in [0.29, 0.717) is 11.3 Å². The Morgan fingerprint density at radius 2 is 0.914 bits per heavy atom. The minimum absolute atomic E-state index is 0.284. The first-order chi connectivity index (χ1) is 27.8. The minimum Gasteiger partial charge on any atom is -0.310 e. The Balaban J connectivity index is 1.20. The molecule has 0 unspecified atom stereocenters. The van der Waals surface area contributed by atoms with Gasteiger partial charge in [-0.1, -0.05) is 88.4 Å². The van der Waals surface area contributed by atoms with Gasteiger partial charge >= 0.3 is 0 Å². The second kappa shape index (κ2) is 13.4. The summed E-state index contributed by atoms with van der Waals surface area (Å²) in [7, 11) is 0. The lowest BCUT2D eigenvalue weighted by Crippen LogP contribution is -2.24. The van der Waals surface area contributed by atoms with Gasteiger partial charge in [-0.25, -0.2) is 4.85 Å². The molecule has 0 aliphatic heterocycles. The fourth-order valence-electron chi connectivity index (χ4n) is 9.93. The Morgan fingerprint density at radius 3 is 1.31 bits per heavy atom. The molecule has 7 aromatic carbocycles. The third-order valence-corrected chi connectivity index (χ3v) is 12.7. The molecule has 0 saturated carbocycles. The summed E-state index contributed by atoms with van der Waals surface area (Å²) in [4.78, 5) is 8.35. The van der Waals surface area contributed by atoms with Crippen molar-refractivity contribution >= 4 is 39.8 Å². The molecular formula is C54H46N4. The van der Waals surface area contributed by atoms with Crippen LogP contribution in [0.5, 0.6) is 0 Å². The summed E-state index contributed by atoms with van der Waals surface area (Å²) in [6.07, 6.45) is 0. The van der Waals surface area contributed by atoms with Gasteiger partial charge in [0.1, 0.15) is 0 Å². The van der Waals surface area contributed by atoms with Crippen molar-refractivity contribution in [3.8, 4) is 28.3 Å². The highest BCUT2D eigenvalue weighted by Gasteiger charge is 2.47. The zero-order chi connectivity index (χ0) is 40.7. The lowest BCUT2D eigenvalue weighted by Gasteiger charge is -2.32. The van der Waals surface area contributed by atoms with Gasteiger partial charge in [-0.15, -0.1) is 0 Å². The fraction of sp³-hybridized carbons (Fsp3) is 0.185. The number of fused-ring (bicyclic) bond motifs is 7. The Morgan fingerprint density at radius 1 is 0.500 bits per heavy atom. The summed E-state index contributed by atoms with van der Waals surface area (Å²) in [5.41, 5.74) is 22.9. The molecule has 0 N–H and O–H groups in total. The van der Waals surface area contributed by atoms with E-state index in [0.717, 1.165) is 34.1 Å². The van der Waals surface area contributed by atoms with Crippen LogP contribution in [0.4, 0.5) is 39.8 Å². The van der Waals surface area contributed by atoms with Crippen molar-refractivity contribution in [2.75, 3.05) is 9.80 Å². The maximum Gasteiger partial charge on any atom is 0.187 e. The molecule has 0 fully saturated rings. The summed E-state index contributed by atoms with van der Waals surface area (Å²) in [5.74, 6) is 0. The average Bonchev–Trinajstić information content (AvgIpc) is 3.59. The molecule has 0 radical (unpaired) electrons. The maximum absolute atomic E-state index is 9.59. The number of nitriles is 1. The van der Waals surface area contributed by atoms with Crippen LogP contribution in [0.2, 0.25) is 0 Å². The van der Waals surface area contributed by atoms with Gasteiger partial charge in [0, 0.05) is 45.0 Å². The maximum atomic E-state index is 9.59. The molecule has 0 aromatic heterocycles. The summed E-state index contributed by atoms with van der Waals surface area (Å²) in [6.45, 7) is 26.0. The molecular weight excluding hydrogens is 705 g/mol. The highest BCUT2D eigenvalue weighted by atomic mass is 15.2. The van der Waals surface area contributed by atoms with E-state index in [9.17, 15) is 5.26 Å². The molecule has 282 valence electrons. The van der Waals surface area contributed by atoms with E-state index < -0.39 is 0 Å². The normalized spacial score (nSPS) is 13.8. The van der Waals surface area contributed by atoms with Crippen LogP contribution < -0.4 is 9.80 Å². The van der Waals surface area contributed by atoms with Crippen LogP contribution in [0.15, 0.2) is 133 Å². The van der Waals surface area contributed by atoms with E-state index in [1.165, 1.54) is 66.8 Å². The Labute approximate surface area is 343 Å². The minimum atomic E-state index is -0.285. The zero-order valence-electron chi connectivity index (χ0n) is 34.5. The van der Waals surface area contributed by atoms with Gasteiger partial charge in [0.15, 0.2) is 5.69 Å². The van der Waals surface area contributed by atoms with E-state index in [1.807, 2.05) is 24.3 Å². The molecule has 7 aromatic rings. The molecule has 0 spiro atoms. The van der Waals surface area contributed by atoms with Crippen LogP contribution in [-0.4, -0.2) is 0 Å². The van der Waals surface area contributed by atoms with Crippen molar-refractivity contribution in [2.45, 2.75) is 66.2 Å². The number of hydrogen-bond acceptors (Lipinski definition) is 3. The monoisotopic (exact) mass is 750 g/mol. The Bertz CT molecular complexity index is 2700. The van der Waals surface area contributed by atoms with Gasteiger partial charge in [0.05, 0.1) is 18.2 Å². The lowest BCUT2D eigenvalue weighted by molar-refractivity contribution is 0.601. The first kappa shape index (κ1) is 36.7. The Hall–Kier alpha value is -6.88. The third kappa shape index (κ3) is 5.48. The van der Waals surface area contributed by atoms with Crippen molar-refractivity contribution in [3.63, 3.8) is 0 Å². The van der Waals surface area contributed by atoms with Crippen LogP contribution in [-0.2, 0) is 10.8 Å². The molecule has 0 saturated heterocycles. The molecule has 58 heavy (non-hydrogen) atoms. The smallest absolute Gasteiger partial charge is 0.187 e. The van der Waals surface area contributed by atoms with Crippen LogP contribution in [0.1, 0.15) is 77.8 Å². The van der Waals surface area contributed by atoms with E-state index in [1.54, 1.807) is 0 Å². The van der Waals surface area contributed by atoms with Crippen molar-refractivity contribution in [3.05, 3.63) is 195 Å². The fourth-order valence-corrected chi connectivity index (χ4v) is 9.93. The molecule has 0 atom stereocenters. The molecule has 4 nitrogen and oxygen atoms in total. The molecule has 4 heteroatoms. The number of aryl methyl sites for hydroxylation is 4. The predicted octanol–water partition coefficient (Wildman–Crippen LogP) is 14.9. The van der Waals surface area contributed by atoms with Crippen molar-refractivity contribution in [1.29, 1.82) is 5.26 Å². The quantitative estimate of drug-likeness (QED) is 0.159. The van der Waals surface area contributed by atoms with Gasteiger partial charge < -0.3 is 9.80 Å². The van der Waals surface area contributed by atoms with Crippen LogP contribution in [0.25, 0.3) is 27.1 Å². The number of hydrogen-bond donors (Lipinski definition) is 0. The van der Waals surface area contributed by atoms with Crippen molar-refractivity contribution in [2.24, 2.45) is 0 Å². The van der Waals surface area contributed by atoms with Crippen LogP contribution in [0, 0.1) is 45.6 Å². The summed E-state index contributed by atoms with van der Waals surface area (Å²) in [6, 6.07) is 49.5. The molecule has 9 rings (SSSR count). The highest BCUT2D eigenvalue weighted by molar-refractivity contribution is 5.96. The highest BCUT2D eigenvalue weighted by Crippen LogP contribution is 2.61. The van der Waals surface area contributed by atoms with E-state index in [-0.39, 0.29) is 10.8 Å². The molecule has 0 amide bonds. The zero-order valence-corrected chi connectivity index (χ0v) is 34.5. The first-order valence-corrected chi connectivity index (χ1v) is 20.0. The number of anilines is 6. The molecule has 0 heterocycles. The molecule has 0 bridgehead atoms. The van der Waals surface area contributed by atoms with Crippen LogP contribution in [0.3, 0.4) is 0 Å². The number of benzene rings is 7. The molecule has 2 aliphatic rings. The number of nitrogens with zero attached hydrogens (tertiary/aromatic N) is 4. The van der Waals surface area contributed by atoms with Crippen LogP contribution >= 0.6 is 0 Å². The average molecular weight is 751 g/mol. The van der Waals surface area contributed by atoms with Crippen molar-refractivity contribution < 1.29 is 0 Å². The SMILES string of the molecule is [C-]#[N+]c1ccc(N(c2cc(C)c3c(c2)C(C)(C)c2c-3ccc3c2C(C)(C)c2cc(N(c4ccc(C#N)cc4)c4ccccc4C)cc(C)c2-3)c2ccccc2C)cc1. The van der Waals surface area contributed by atoms with E-state index in [2.05, 4.69) is 185 Å². The van der Waals surface area contributed by atoms with Gasteiger partial charge in [-0.05, 0) is 167 Å². The molecule has 2 aliphatic carbocycles. The first-order valence-electron chi connectivity index (χ1n) is 20.0. The van der Waals surface area contributed by atoms with E-state index in [4.69, 9.17) is 6.57 Å². The van der Waals surface area contributed by atoms with E-state index >= 15 is 0 Å². The second-order valence-corrected chi connectivity index (χ2v) is 17.1. The summed E-state index contributed by atoms with van der Waals surface area (Å²) < 4.78 is 0. The number of rotatable bonds is 6. The standard InChI is InChI=1S/C54H46N4/c1-33-14-10-12-16-47(33)57(39-22-18-37(32-55)19-23-39)41-28-35(3)49-43-26-27-44-50-36(4)29-42(31-46(50)54(7,8)52(44)51(43)53(5,6)45(49)30-41)58(48-17-13-11-15-34(48)2)40-24-20-38(56-9)21-25-40/h10-31H,1-8H3. The third-order valence-electron chi connectivity index (χ3n) is 12.7. The summed E-state index contributed by atoms with van der Waals surface area (Å²) in [5, 5.41) is 9.59. The largest absolute Gasteiger partial charge is 0.310 e. The Kier molecular flexibility index (Phi) is 8.47. The van der Waals surface area contributed by atoms with Gasteiger partial charge in [-0.2, -0.15) is 5.26 Å². The number of para-hydroxylation sites is 2. The van der Waals surface area contributed by atoms with Gasteiger partial charge in [-0.3, -0.25) is 0 Å². The second-order valence-electron chi connectivity index (χ2n) is 17.1. The topological polar surface area (TPSA) is 34.6 Å². The van der Waals surface area contributed by atoms with Gasteiger partial charge in [0.2, 0.25) is 0 Å².